The fraction of sp³-hybridized carbons (Fsp3) is 0.357. The molecule has 2 aromatic rings. The Morgan fingerprint density at radius 1 is 1.29 bits per heavy atom. The van der Waals surface area contributed by atoms with Gasteiger partial charge in [-0.1, -0.05) is 11.6 Å². The smallest absolute Gasteiger partial charge is 0.148 e. The van der Waals surface area contributed by atoms with Gasteiger partial charge in [-0.05, 0) is 63.4 Å². The van der Waals surface area contributed by atoms with Gasteiger partial charge in [-0.3, -0.25) is 4.68 Å². The minimum atomic E-state index is 0.352. The highest BCUT2D eigenvalue weighted by atomic mass is 79.9. The van der Waals surface area contributed by atoms with E-state index in [4.69, 9.17) is 27.9 Å². The molecule has 0 spiro atoms. The normalized spacial score (nSPS) is 11.0. The number of hydrogen-bond acceptors (Lipinski definition) is 2. The maximum atomic E-state index is 6.28. The Kier molecular flexibility index (Phi) is 6.00. The summed E-state index contributed by atoms with van der Waals surface area (Å²) in [5.41, 5.74) is 2.69. The topological polar surface area (TPSA) is 27.1 Å². The molecule has 0 bridgehead atoms. The molecule has 0 aliphatic heterocycles. The van der Waals surface area contributed by atoms with Gasteiger partial charge in [0.1, 0.15) is 12.4 Å². The van der Waals surface area contributed by atoms with Crippen LogP contribution in [0.2, 0.25) is 5.02 Å². The molecule has 0 fully saturated rings. The van der Waals surface area contributed by atoms with Crippen molar-refractivity contribution in [3.63, 3.8) is 0 Å². The van der Waals surface area contributed by atoms with Crippen LogP contribution in [0.4, 0.5) is 0 Å². The lowest BCUT2D eigenvalue weighted by atomic mass is 10.2. The van der Waals surface area contributed by atoms with Crippen LogP contribution in [0, 0.1) is 6.92 Å². The lowest BCUT2D eigenvalue weighted by molar-refractivity contribution is 0.289. The second kappa shape index (κ2) is 7.36. The number of aryl methyl sites for hydroxylation is 2. The van der Waals surface area contributed by atoms with Crippen molar-refractivity contribution in [2.24, 2.45) is 0 Å². The Hall–Kier alpha value is -0.230. The molecule has 0 saturated heterocycles. The van der Waals surface area contributed by atoms with E-state index in [2.05, 4.69) is 37.0 Å². The Bertz CT molecular complexity index is 636. The lowest BCUT2D eigenvalue weighted by Gasteiger charge is -2.12. The zero-order valence-corrected chi connectivity index (χ0v) is 16.3. The van der Waals surface area contributed by atoms with Crippen molar-refractivity contribution in [1.82, 2.24) is 9.78 Å². The molecular weight excluding hydrogens is 443 g/mol. The quantitative estimate of drug-likeness (QED) is 0.539. The number of ether oxygens (including phenoxy) is 1. The standard InChI is InChI=1S/C14H14Br2Cl2N2O/c1-3-20-12(13(18)8(2)19-20)7-21-14-10(15)4-9(6-17)5-11(14)16/h4-5H,3,6-7H2,1-2H3. The van der Waals surface area contributed by atoms with E-state index in [9.17, 15) is 0 Å². The Morgan fingerprint density at radius 3 is 2.43 bits per heavy atom. The first-order valence-corrected chi connectivity index (χ1v) is 8.86. The molecular formula is C14H14Br2Cl2N2O. The first-order valence-electron chi connectivity index (χ1n) is 6.36. The summed E-state index contributed by atoms with van der Waals surface area (Å²) in [5, 5.41) is 5.03. The highest BCUT2D eigenvalue weighted by Gasteiger charge is 2.15. The maximum Gasteiger partial charge on any atom is 0.148 e. The number of aromatic nitrogens is 2. The molecule has 0 unspecified atom stereocenters. The summed E-state index contributed by atoms with van der Waals surface area (Å²) in [7, 11) is 0. The summed E-state index contributed by atoms with van der Waals surface area (Å²) in [6.45, 7) is 5.01. The molecule has 0 radical (unpaired) electrons. The molecule has 1 heterocycles. The number of nitrogens with zero attached hydrogens (tertiary/aromatic N) is 2. The van der Waals surface area contributed by atoms with Crippen molar-refractivity contribution in [2.45, 2.75) is 32.9 Å². The molecule has 7 heteroatoms. The van der Waals surface area contributed by atoms with Crippen LogP contribution in [0.3, 0.4) is 0 Å². The Labute approximate surface area is 150 Å². The van der Waals surface area contributed by atoms with Crippen LogP contribution in [0.1, 0.15) is 23.9 Å². The summed E-state index contributed by atoms with van der Waals surface area (Å²) >= 11 is 19.1. The van der Waals surface area contributed by atoms with E-state index in [0.29, 0.717) is 17.5 Å². The van der Waals surface area contributed by atoms with E-state index in [1.165, 1.54) is 0 Å². The molecule has 21 heavy (non-hydrogen) atoms. The third-order valence-corrected chi connectivity index (χ3v) is 5.00. The first kappa shape index (κ1) is 17.1. The third kappa shape index (κ3) is 3.76. The zero-order chi connectivity index (χ0) is 15.6. The Balaban J connectivity index is 2.25. The lowest BCUT2D eigenvalue weighted by Crippen LogP contribution is -2.07. The number of halogens is 4. The van der Waals surface area contributed by atoms with Gasteiger partial charge in [-0.15, -0.1) is 11.6 Å². The average molecular weight is 457 g/mol. The molecule has 1 aromatic heterocycles. The second-order valence-electron chi connectivity index (χ2n) is 4.47. The van der Waals surface area contributed by atoms with E-state index >= 15 is 0 Å². The van der Waals surface area contributed by atoms with Crippen LogP contribution in [0.15, 0.2) is 21.1 Å². The third-order valence-electron chi connectivity index (χ3n) is 3.02. The van der Waals surface area contributed by atoms with Crippen LogP contribution in [0.25, 0.3) is 0 Å². The van der Waals surface area contributed by atoms with E-state index < -0.39 is 0 Å². The van der Waals surface area contributed by atoms with Gasteiger partial charge < -0.3 is 4.74 Å². The van der Waals surface area contributed by atoms with Crippen molar-refractivity contribution in [3.8, 4) is 5.75 Å². The summed E-state index contributed by atoms with van der Waals surface area (Å²) < 4.78 is 9.46. The van der Waals surface area contributed by atoms with Gasteiger partial charge in [0.25, 0.3) is 0 Å². The molecule has 0 atom stereocenters. The van der Waals surface area contributed by atoms with Crippen molar-refractivity contribution in [3.05, 3.63) is 43.1 Å². The molecule has 3 nitrogen and oxygen atoms in total. The summed E-state index contributed by atoms with van der Waals surface area (Å²) in [4.78, 5) is 0. The number of rotatable bonds is 5. The largest absolute Gasteiger partial charge is 0.485 e. The van der Waals surface area contributed by atoms with Crippen LogP contribution < -0.4 is 4.74 Å². The SMILES string of the molecule is CCn1nc(C)c(Cl)c1COc1c(Br)cc(CCl)cc1Br. The van der Waals surface area contributed by atoms with Gasteiger partial charge in [0.05, 0.1) is 25.4 Å². The predicted molar refractivity (Wildman–Crippen MR) is 93.4 cm³/mol. The van der Waals surface area contributed by atoms with Crippen molar-refractivity contribution < 1.29 is 4.74 Å². The molecule has 0 aliphatic carbocycles. The van der Waals surface area contributed by atoms with E-state index in [1.54, 1.807) is 0 Å². The van der Waals surface area contributed by atoms with Crippen molar-refractivity contribution in [2.75, 3.05) is 0 Å². The molecule has 114 valence electrons. The van der Waals surface area contributed by atoms with E-state index in [1.807, 2.05) is 30.7 Å². The summed E-state index contributed by atoms with van der Waals surface area (Å²) in [6, 6.07) is 3.88. The highest BCUT2D eigenvalue weighted by molar-refractivity contribution is 9.11. The fourth-order valence-corrected chi connectivity index (χ4v) is 3.83. The molecule has 2 rings (SSSR count). The minimum Gasteiger partial charge on any atom is -0.485 e. The monoisotopic (exact) mass is 454 g/mol. The molecule has 0 amide bonds. The van der Waals surface area contributed by atoms with Crippen LogP contribution in [-0.2, 0) is 19.0 Å². The van der Waals surface area contributed by atoms with E-state index in [-0.39, 0.29) is 0 Å². The Morgan fingerprint density at radius 2 is 1.90 bits per heavy atom. The first-order chi connectivity index (χ1) is 9.97. The summed E-state index contributed by atoms with van der Waals surface area (Å²) in [5.74, 6) is 1.17. The van der Waals surface area contributed by atoms with Crippen LogP contribution >= 0.6 is 55.1 Å². The maximum absolute atomic E-state index is 6.28. The second-order valence-corrected chi connectivity index (χ2v) is 6.83. The summed E-state index contributed by atoms with van der Waals surface area (Å²) in [6.07, 6.45) is 0. The number of benzene rings is 1. The predicted octanol–water partition coefficient (Wildman–Crippen LogP) is 5.71. The number of alkyl halides is 1. The van der Waals surface area contributed by atoms with Crippen molar-refractivity contribution >= 4 is 55.1 Å². The van der Waals surface area contributed by atoms with E-state index in [0.717, 1.165) is 38.2 Å². The van der Waals surface area contributed by atoms with Crippen LogP contribution in [0.5, 0.6) is 5.75 Å². The molecule has 0 N–H and O–H groups in total. The molecule has 0 saturated carbocycles. The van der Waals surface area contributed by atoms with Gasteiger partial charge in [0.2, 0.25) is 0 Å². The minimum absolute atomic E-state index is 0.352. The highest BCUT2D eigenvalue weighted by Crippen LogP contribution is 2.36. The zero-order valence-electron chi connectivity index (χ0n) is 11.6. The van der Waals surface area contributed by atoms with Gasteiger partial charge in [0.15, 0.2) is 0 Å². The number of hydrogen-bond donors (Lipinski definition) is 0. The van der Waals surface area contributed by atoms with Crippen molar-refractivity contribution in [1.29, 1.82) is 0 Å². The molecule has 0 aliphatic rings. The van der Waals surface area contributed by atoms with Gasteiger partial charge in [-0.2, -0.15) is 5.10 Å². The van der Waals surface area contributed by atoms with Gasteiger partial charge >= 0.3 is 0 Å². The van der Waals surface area contributed by atoms with Gasteiger partial charge in [0, 0.05) is 12.4 Å². The average Bonchev–Trinajstić information content (AvgIpc) is 2.73. The van der Waals surface area contributed by atoms with Gasteiger partial charge in [-0.25, -0.2) is 0 Å². The van der Waals surface area contributed by atoms with Crippen LogP contribution in [-0.4, -0.2) is 9.78 Å². The fourth-order valence-electron chi connectivity index (χ4n) is 1.97. The molecule has 1 aromatic carbocycles.